The van der Waals surface area contributed by atoms with Crippen LogP contribution >= 0.6 is 11.6 Å². The van der Waals surface area contributed by atoms with Crippen LogP contribution in [0.2, 0.25) is 5.02 Å². The van der Waals surface area contributed by atoms with Gasteiger partial charge in [0.15, 0.2) is 0 Å². The molecule has 0 amide bonds. The fraction of sp³-hybridized carbons (Fsp3) is 0. The van der Waals surface area contributed by atoms with Crippen molar-refractivity contribution < 1.29 is 10.2 Å². The second-order valence-electron chi connectivity index (χ2n) is 3.25. The maximum Gasteiger partial charge on any atom is 0.119 e. The van der Waals surface area contributed by atoms with Gasteiger partial charge in [-0.1, -0.05) is 23.7 Å². The van der Waals surface area contributed by atoms with Crippen molar-refractivity contribution in [3.8, 4) is 22.6 Å². The zero-order valence-corrected chi connectivity index (χ0v) is 8.57. The van der Waals surface area contributed by atoms with Crippen LogP contribution in [0.4, 0.5) is 0 Å². The Bertz CT molecular complexity index is 474. The van der Waals surface area contributed by atoms with Crippen molar-refractivity contribution in [1.82, 2.24) is 0 Å². The molecule has 0 unspecified atom stereocenters. The summed E-state index contributed by atoms with van der Waals surface area (Å²) in [6, 6.07) is 11.7. The SMILES string of the molecule is Oc1cc(O)cc(-c2cccc(Cl)c2)c1. The molecule has 0 bridgehead atoms. The number of phenols is 2. The highest BCUT2D eigenvalue weighted by Gasteiger charge is 2.02. The van der Waals surface area contributed by atoms with E-state index in [-0.39, 0.29) is 11.5 Å². The van der Waals surface area contributed by atoms with E-state index in [1.807, 2.05) is 12.1 Å². The van der Waals surface area contributed by atoms with E-state index < -0.39 is 0 Å². The molecule has 2 N–H and O–H groups in total. The summed E-state index contributed by atoms with van der Waals surface area (Å²) in [7, 11) is 0. The highest BCUT2D eigenvalue weighted by Crippen LogP contribution is 2.29. The van der Waals surface area contributed by atoms with Crippen LogP contribution in [0.5, 0.6) is 11.5 Å². The van der Waals surface area contributed by atoms with Crippen LogP contribution < -0.4 is 0 Å². The van der Waals surface area contributed by atoms with E-state index in [2.05, 4.69) is 0 Å². The van der Waals surface area contributed by atoms with E-state index in [1.165, 1.54) is 6.07 Å². The minimum Gasteiger partial charge on any atom is -0.508 e. The van der Waals surface area contributed by atoms with Crippen LogP contribution in [0, 0.1) is 0 Å². The third-order valence-electron chi connectivity index (χ3n) is 2.06. The predicted molar refractivity (Wildman–Crippen MR) is 60.2 cm³/mol. The molecule has 0 aromatic heterocycles. The molecular weight excluding hydrogens is 212 g/mol. The molecule has 0 atom stereocenters. The van der Waals surface area contributed by atoms with Gasteiger partial charge in [0.05, 0.1) is 0 Å². The van der Waals surface area contributed by atoms with Gasteiger partial charge >= 0.3 is 0 Å². The molecule has 0 saturated heterocycles. The molecule has 0 aliphatic heterocycles. The Labute approximate surface area is 92.4 Å². The first kappa shape index (κ1) is 9.87. The molecule has 3 heteroatoms. The van der Waals surface area contributed by atoms with E-state index in [4.69, 9.17) is 11.6 Å². The van der Waals surface area contributed by atoms with Crippen molar-refractivity contribution in [3.05, 3.63) is 47.5 Å². The number of hydrogen-bond acceptors (Lipinski definition) is 2. The Kier molecular flexibility index (Phi) is 2.52. The Morgan fingerprint density at radius 3 is 2.07 bits per heavy atom. The Balaban J connectivity index is 2.54. The van der Waals surface area contributed by atoms with Gasteiger partial charge in [0.25, 0.3) is 0 Å². The Morgan fingerprint density at radius 1 is 0.800 bits per heavy atom. The summed E-state index contributed by atoms with van der Waals surface area (Å²) in [5.41, 5.74) is 1.59. The lowest BCUT2D eigenvalue weighted by Crippen LogP contribution is -1.77. The van der Waals surface area contributed by atoms with Gasteiger partial charge < -0.3 is 10.2 Å². The van der Waals surface area contributed by atoms with Crippen molar-refractivity contribution in [3.63, 3.8) is 0 Å². The highest BCUT2D eigenvalue weighted by molar-refractivity contribution is 6.30. The van der Waals surface area contributed by atoms with Crippen LogP contribution in [0.15, 0.2) is 42.5 Å². The molecule has 76 valence electrons. The summed E-state index contributed by atoms with van der Waals surface area (Å²) in [5, 5.41) is 19.3. The quantitative estimate of drug-likeness (QED) is 0.773. The maximum absolute atomic E-state index is 9.33. The highest BCUT2D eigenvalue weighted by atomic mass is 35.5. The summed E-state index contributed by atoms with van der Waals surface area (Å²) in [6.07, 6.45) is 0. The average Bonchev–Trinajstić information content (AvgIpc) is 2.16. The summed E-state index contributed by atoms with van der Waals surface area (Å²) in [4.78, 5) is 0. The lowest BCUT2D eigenvalue weighted by molar-refractivity contribution is 0.451. The number of halogens is 1. The molecule has 2 nitrogen and oxygen atoms in total. The topological polar surface area (TPSA) is 40.5 Å². The minimum absolute atomic E-state index is 0.0324. The van der Waals surface area contributed by atoms with E-state index in [0.717, 1.165) is 11.1 Å². The van der Waals surface area contributed by atoms with Gasteiger partial charge in [0, 0.05) is 11.1 Å². The summed E-state index contributed by atoms with van der Waals surface area (Å²) >= 11 is 5.85. The maximum atomic E-state index is 9.33. The molecule has 2 aromatic rings. The van der Waals surface area contributed by atoms with Gasteiger partial charge in [-0.3, -0.25) is 0 Å². The molecule has 15 heavy (non-hydrogen) atoms. The standard InChI is InChI=1S/C12H9ClO2/c13-10-3-1-2-8(4-10)9-5-11(14)7-12(15)6-9/h1-7,14-15H. The van der Waals surface area contributed by atoms with Gasteiger partial charge in [-0.2, -0.15) is 0 Å². The molecule has 0 spiro atoms. The van der Waals surface area contributed by atoms with Crippen LogP contribution in [0.3, 0.4) is 0 Å². The lowest BCUT2D eigenvalue weighted by atomic mass is 10.1. The van der Waals surface area contributed by atoms with E-state index in [9.17, 15) is 10.2 Å². The smallest absolute Gasteiger partial charge is 0.119 e. The lowest BCUT2D eigenvalue weighted by Gasteiger charge is -2.04. The van der Waals surface area contributed by atoms with Crippen molar-refractivity contribution in [2.45, 2.75) is 0 Å². The molecule has 0 fully saturated rings. The normalized spacial score (nSPS) is 10.2. The number of rotatable bonds is 1. The van der Waals surface area contributed by atoms with Crippen molar-refractivity contribution in [2.24, 2.45) is 0 Å². The fourth-order valence-electron chi connectivity index (χ4n) is 1.43. The van der Waals surface area contributed by atoms with Gasteiger partial charge in [-0.05, 0) is 35.4 Å². The predicted octanol–water partition coefficient (Wildman–Crippen LogP) is 3.42. The summed E-state index contributed by atoms with van der Waals surface area (Å²) < 4.78 is 0. The zero-order chi connectivity index (χ0) is 10.8. The Morgan fingerprint density at radius 2 is 1.47 bits per heavy atom. The number of phenolic OH excluding ortho intramolecular Hbond substituents is 2. The molecule has 0 heterocycles. The first-order chi connectivity index (χ1) is 7.15. The largest absolute Gasteiger partial charge is 0.508 e. The van der Waals surface area contributed by atoms with Gasteiger partial charge in [-0.25, -0.2) is 0 Å². The van der Waals surface area contributed by atoms with E-state index in [1.54, 1.807) is 24.3 Å². The third kappa shape index (κ3) is 2.22. The summed E-state index contributed by atoms with van der Waals surface area (Å²) in [6.45, 7) is 0. The summed E-state index contributed by atoms with van der Waals surface area (Å²) in [5.74, 6) is 0.0648. The van der Waals surface area contributed by atoms with Crippen LogP contribution in [0.25, 0.3) is 11.1 Å². The first-order valence-electron chi connectivity index (χ1n) is 4.44. The molecule has 0 radical (unpaired) electrons. The molecule has 0 saturated carbocycles. The van der Waals surface area contributed by atoms with Crippen LogP contribution in [-0.2, 0) is 0 Å². The molecule has 2 aromatic carbocycles. The minimum atomic E-state index is 0.0324. The van der Waals surface area contributed by atoms with E-state index >= 15 is 0 Å². The Hall–Kier alpha value is -1.67. The number of hydrogen-bond donors (Lipinski definition) is 2. The van der Waals surface area contributed by atoms with Gasteiger partial charge in [-0.15, -0.1) is 0 Å². The molecular formula is C12H9ClO2. The number of aromatic hydroxyl groups is 2. The first-order valence-corrected chi connectivity index (χ1v) is 4.82. The third-order valence-corrected chi connectivity index (χ3v) is 2.30. The monoisotopic (exact) mass is 220 g/mol. The van der Waals surface area contributed by atoms with Gasteiger partial charge in [0.1, 0.15) is 11.5 Å². The second-order valence-corrected chi connectivity index (χ2v) is 3.68. The number of benzene rings is 2. The molecule has 0 aliphatic rings. The van der Waals surface area contributed by atoms with E-state index in [0.29, 0.717) is 5.02 Å². The van der Waals surface area contributed by atoms with Crippen LogP contribution in [0.1, 0.15) is 0 Å². The van der Waals surface area contributed by atoms with Crippen LogP contribution in [-0.4, -0.2) is 10.2 Å². The van der Waals surface area contributed by atoms with Crippen molar-refractivity contribution in [2.75, 3.05) is 0 Å². The van der Waals surface area contributed by atoms with Crippen molar-refractivity contribution in [1.29, 1.82) is 0 Å². The average molecular weight is 221 g/mol. The van der Waals surface area contributed by atoms with Crippen molar-refractivity contribution >= 4 is 11.6 Å². The fourth-order valence-corrected chi connectivity index (χ4v) is 1.62. The van der Waals surface area contributed by atoms with Gasteiger partial charge in [0.2, 0.25) is 0 Å². The zero-order valence-electron chi connectivity index (χ0n) is 7.81. The molecule has 0 aliphatic carbocycles. The second kappa shape index (κ2) is 3.83. The molecule has 2 rings (SSSR count).